The third kappa shape index (κ3) is 3.66. The van der Waals surface area contributed by atoms with Crippen LogP contribution in [0, 0.1) is 0 Å². The molecule has 1 saturated carbocycles. The van der Waals surface area contributed by atoms with Gasteiger partial charge in [-0.2, -0.15) is 4.31 Å². The van der Waals surface area contributed by atoms with Crippen molar-refractivity contribution in [2.45, 2.75) is 57.5 Å². The molecule has 0 aromatic heterocycles. The Morgan fingerprint density at radius 1 is 1.24 bits per heavy atom. The Balaban J connectivity index is 1.97. The molecule has 1 aliphatic heterocycles. The van der Waals surface area contributed by atoms with Crippen LogP contribution in [0.25, 0.3) is 0 Å². The summed E-state index contributed by atoms with van der Waals surface area (Å²) in [4.78, 5) is 0. The van der Waals surface area contributed by atoms with Crippen molar-refractivity contribution in [1.29, 1.82) is 0 Å². The minimum absolute atomic E-state index is 0.301. The molecule has 1 N–H and O–H groups in total. The highest BCUT2D eigenvalue weighted by atomic mass is 32.2. The normalized spacial score (nSPS) is 26.4. The van der Waals surface area contributed by atoms with Gasteiger partial charge in [-0.25, -0.2) is 8.42 Å². The Bertz CT molecular complexity index is 332. The van der Waals surface area contributed by atoms with Gasteiger partial charge in [0.15, 0.2) is 0 Å². The number of nitrogens with one attached hydrogen (secondary N) is 1. The molecule has 0 amide bonds. The molecule has 2 aliphatic rings. The van der Waals surface area contributed by atoms with E-state index in [0.29, 0.717) is 30.8 Å². The summed E-state index contributed by atoms with van der Waals surface area (Å²) in [6.45, 7) is 3.66. The van der Waals surface area contributed by atoms with E-state index in [0.717, 1.165) is 25.8 Å². The van der Waals surface area contributed by atoms with Crippen LogP contribution in [0.5, 0.6) is 0 Å². The number of nitrogens with zero attached hydrogens (tertiary/aromatic N) is 1. The summed E-state index contributed by atoms with van der Waals surface area (Å²) in [5, 5.41) is 3.44. The van der Waals surface area contributed by atoms with Crippen LogP contribution < -0.4 is 5.32 Å². The molecule has 1 heterocycles. The second kappa shape index (κ2) is 5.67. The quantitative estimate of drug-likeness (QED) is 0.784. The lowest BCUT2D eigenvalue weighted by Gasteiger charge is -2.30. The zero-order valence-corrected chi connectivity index (χ0v) is 11.5. The van der Waals surface area contributed by atoms with Gasteiger partial charge in [-0.1, -0.05) is 13.3 Å². The molecule has 1 atom stereocenters. The molecule has 0 aromatic rings. The van der Waals surface area contributed by atoms with E-state index in [9.17, 15) is 8.42 Å². The zero-order valence-electron chi connectivity index (χ0n) is 10.7. The first-order valence-electron chi connectivity index (χ1n) is 6.86. The Kier molecular flexibility index (Phi) is 4.44. The van der Waals surface area contributed by atoms with Crippen LogP contribution in [0.4, 0.5) is 0 Å². The summed E-state index contributed by atoms with van der Waals surface area (Å²) in [6, 6.07) is 0.672. The second-order valence-electron chi connectivity index (χ2n) is 5.26. The molecular weight excluding hydrogens is 236 g/mol. The highest BCUT2D eigenvalue weighted by Gasteiger charge is 2.37. The molecule has 5 heteroatoms. The maximum atomic E-state index is 12.2. The summed E-state index contributed by atoms with van der Waals surface area (Å²) < 4.78 is 26.1. The summed E-state index contributed by atoms with van der Waals surface area (Å²) >= 11 is 0. The van der Waals surface area contributed by atoms with Crippen molar-refractivity contribution in [1.82, 2.24) is 9.62 Å². The number of sulfonamides is 1. The van der Waals surface area contributed by atoms with Crippen LogP contribution in [-0.2, 0) is 10.0 Å². The van der Waals surface area contributed by atoms with E-state index in [-0.39, 0.29) is 0 Å². The van der Waals surface area contributed by atoms with E-state index in [1.54, 1.807) is 4.31 Å². The van der Waals surface area contributed by atoms with E-state index in [1.165, 1.54) is 12.8 Å². The van der Waals surface area contributed by atoms with Gasteiger partial charge < -0.3 is 5.32 Å². The number of piperidine rings is 1. The van der Waals surface area contributed by atoms with Crippen LogP contribution >= 0.6 is 0 Å². The van der Waals surface area contributed by atoms with Crippen molar-refractivity contribution in [2.24, 2.45) is 0 Å². The molecule has 2 fully saturated rings. The highest BCUT2D eigenvalue weighted by molar-refractivity contribution is 7.89. The van der Waals surface area contributed by atoms with Crippen LogP contribution in [-0.4, -0.2) is 43.6 Å². The molecule has 0 radical (unpaired) electrons. The second-order valence-corrected chi connectivity index (χ2v) is 7.30. The van der Waals surface area contributed by atoms with Crippen molar-refractivity contribution >= 4 is 10.0 Å². The average Bonchev–Trinajstić information content (AvgIpc) is 3.11. The Morgan fingerprint density at radius 3 is 2.53 bits per heavy atom. The lowest BCUT2D eigenvalue weighted by Crippen LogP contribution is -2.47. The van der Waals surface area contributed by atoms with E-state index >= 15 is 0 Å². The molecule has 4 nitrogen and oxygen atoms in total. The first kappa shape index (κ1) is 13.3. The van der Waals surface area contributed by atoms with E-state index in [2.05, 4.69) is 5.32 Å². The Morgan fingerprint density at radius 2 is 2.00 bits per heavy atom. The van der Waals surface area contributed by atoms with Gasteiger partial charge in [0.1, 0.15) is 0 Å². The van der Waals surface area contributed by atoms with Crippen molar-refractivity contribution < 1.29 is 8.42 Å². The predicted molar refractivity (Wildman–Crippen MR) is 69.4 cm³/mol. The molecule has 1 unspecified atom stereocenters. The first-order valence-corrected chi connectivity index (χ1v) is 8.47. The Hall–Kier alpha value is -0.130. The predicted octanol–water partition coefficient (Wildman–Crippen LogP) is 1.33. The van der Waals surface area contributed by atoms with Gasteiger partial charge >= 0.3 is 0 Å². The van der Waals surface area contributed by atoms with Gasteiger partial charge in [0.2, 0.25) is 10.0 Å². The van der Waals surface area contributed by atoms with Gasteiger partial charge in [0, 0.05) is 18.6 Å². The summed E-state index contributed by atoms with van der Waals surface area (Å²) in [7, 11) is -3.02. The fourth-order valence-electron chi connectivity index (χ4n) is 2.52. The number of rotatable bonds is 6. The van der Waals surface area contributed by atoms with Crippen LogP contribution in [0.15, 0.2) is 0 Å². The fraction of sp³-hybridized carbons (Fsp3) is 1.00. The zero-order chi connectivity index (χ0) is 12.3. The molecule has 1 saturated heterocycles. The third-order valence-electron chi connectivity index (χ3n) is 3.59. The monoisotopic (exact) mass is 260 g/mol. The lowest BCUT2D eigenvalue weighted by molar-refractivity contribution is 0.307. The molecule has 17 heavy (non-hydrogen) atoms. The molecular formula is C12H24N2O2S. The van der Waals surface area contributed by atoms with Crippen molar-refractivity contribution in [3.8, 4) is 0 Å². The minimum Gasteiger partial charge on any atom is -0.313 e. The highest BCUT2D eigenvalue weighted by Crippen LogP contribution is 2.30. The topological polar surface area (TPSA) is 49.4 Å². The maximum Gasteiger partial charge on any atom is 0.214 e. The van der Waals surface area contributed by atoms with E-state index in [1.807, 2.05) is 6.92 Å². The fourth-order valence-corrected chi connectivity index (χ4v) is 4.35. The molecule has 1 aliphatic carbocycles. The van der Waals surface area contributed by atoms with Gasteiger partial charge in [-0.15, -0.1) is 0 Å². The number of hydrogen-bond donors (Lipinski definition) is 1. The van der Waals surface area contributed by atoms with Gasteiger partial charge in [-0.05, 0) is 38.6 Å². The van der Waals surface area contributed by atoms with E-state index < -0.39 is 10.0 Å². The van der Waals surface area contributed by atoms with Crippen molar-refractivity contribution in [3.05, 3.63) is 0 Å². The standard InChI is InChI=1S/C12H24N2O2S/c1-2-9-17(15,16)14(12-6-7-12)10-11-5-3-4-8-13-11/h11-13H,2-10H2,1H3. The SMILES string of the molecule is CCCS(=O)(=O)N(CC1CCCCN1)C1CC1. The Labute approximate surface area is 105 Å². The number of hydrogen-bond acceptors (Lipinski definition) is 3. The third-order valence-corrected chi connectivity index (χ3v) is 5.67. The lowest BCUT2D eigenvalue weighted by atomic mass is 10.1. The largest absolute Gasteiger partial charge is 0.313 e. The molecule has 100 valence electrons. The summed E-state index contributed by atoms with van der Waals surface area (Å²) in [5.41, 5.74) is 0. The van der Waals surface area contributed by atoms with Crippen molar-refractivity contribution in [3.63, 3.8) is 0 Å². The average molecular weight is 260 g/mol. The maximum absolute atomic E-state index is 12.2. The van der Waals surface area contributed by atoms with Crippen LogP contribution in [0.2, 0.25) is 0 Å². The van der Waals surface area contributed by atoms with Crippen LogP contribution in [0.1, 0.15) is 45.4 Å². The first-order chi connectivity index (χ1) is 8.13. The molecule has 0 aromatic carbocycles. The summed E-state index contributed by atoms with van der Waals surface area (Å²) in [5.74, 6) is 0.302. The van der Waals surface area contributed by atoms with Gasteiger partial charge in [-0.3, -0.25) is 0 Å². The van der Waals surface area contributed by atoms with Gasteiger partial charge in [0.25, 0.3) is 0 Å². The van der Waals surface area contributed by atoms with Crippen LogP contribution in [0.3, 0.4) is 0 Å². The summed E-state index contributed by atoms with van der Waals surface area (Å²) in [6.07, 6.45) is 6.38. The van der Waals surface area contributed by atoms with Gasteiger partial charge in [0.05, 0.1) is 5.75 Å². The molecule has 0 bridgehead atoms. The molecule has 2 rings (SSSR count). The van der Waals surface area contributed by atoms with E-state index in [4.69, 9.17) is 0 Å². The van der Waals surface area contributed by atoms with Crippen molar-refractivity contribution in [2.75, 3.05) is 18.8 Å². The minimum atomic E-state index is -3.02. The smallest absolute Gasteiger partial charge is 0.214 e. The molecule has 0 spiro atoms.